The molecule has 162 valence electrons. The second kappa shape index (κ2) is 8.77. The molecule has 1 N–H and O–H groups in total. The van der Waals surface area contributed by atoms with Crippen LogP contribution in [0.1, 0.15) is 34.7 Å². The number of halogens is 1. The Morgan fingerprint density at radius 1 is 1.13 bits per heavy atom. The number of hydrogen-bond acceptors (Lipinski definition) is 3. The van der Waals surface area contributed by atoms with E-state index in [1.54, 1.807) is 12.1 Å². The molecule has 1 fully saturated rings. The third kappa shape index (κ3) is 4.20. The fourth-order valence-corrected chi connectivity index (χ4v) is 4.72. The molecule has 0 spiro atoms. The maximum Gasteiger partial charge on any atom is 0.170 e. The molecule has 1 aromatic carbocycles. The first-order chi connectivity index (χ1) is 14.9. The summed E-state index contributed by atoms with van der Waals surface area (Å²) in [6, 6.07) is 14.8. The molecule has 0 radical (unpaired) electrons. The predicted molar refractivity (Wildman–Crippen MR) is 126 cm³/mol. The molecule has 3 heterocycles. The lowest BCUT2D eigenvalue weighted by Crippen LogP contribution is -2.35. The lowest BCUT2D eigenvalue weighted by atomic mass is 9.97. The topological polar surface area (TPSA) is 36.3 Å². The Morgan fingerprint density at radius 2 is 1.94 bits per heavy atom. The van der Waals surface area contributed by atoms with Crippen LogP contribution in [0.4, 0.5) is 4.39 Å². The molecule has 0 aliphatic carbocycles. The van der Waals surface area contributed by atoms with Crippen LogP contribution >= 0.6 is 12.2 Å². The highest BCUT2D eigenvalue weighted by Crippen LogP contribution is 2.41. The van der Waals surface area contributed by atoms with Gasteiger partial charge in [0.25, 0.3) is 0 Å². The first-order valence-corrected chi connectivity index (χ1v) is 10.8. The van der Waals surface area contributed by atoms with E-state index in [0.717, 1.165) is 41.0 Å². The Bertz CT molecular complexity index is 1080. The number of pyridine rings is 1. The minimum atomic E-state index is -0.241. The third-order valence-corrected chi connectivity index (χ3v) is 6.19. The Hall–Kier alpha value is -2.77. The summed E-state index contributed by atoms with van der Waals surface area (Å²) in [5, 5.41) is 4.24. The van der Waals surface area contributed by atoms with Crippen LogP contribution in [-0.4, -0.2) is 51.6 Å². The molecule has 0 unspecified atom stereocenters. The lowest BCUT2D eigenvalue weighted by Gasteiger charge is -2.29. The van der Waals surface area contributed by atoms with Gasteiger partial charge in [-0.2, -0.15) is 0 Å². The van der Waals surface area contributed by atoms with Crippen LogP contribution < -0.4 is 5.32 Å². The number of nitrogens with one attached hydrogen (secondary N) is 1. The van der Waals surface area contributed by atoms with E-state index >= 15 is 0 Å². The van der Waals surface area contributed by atoms with Gasteiger partial charge in [-0.25, -0.2) is 4.39 Å². The highest BCUT2D eigenvalue weighted by Gasteiger charge is 2.41. The van der Waals surface area contributed by atoms with Crippen molar-refractivity contribution in [3.8, 4) is 5.69 Å². The van der Waals surface area contributed by atoms with Crippen LogP contribution in [0, 0.1) is 19.7 Å². The molecule has 5 nitrogen and oxygen atoms in total. The van der Waals surface area contributed by atoms with Crippen molar-refractivity contribution in [2.75, 3.05) is 27.2 Å². The standard InChI is InChI=1S/C24H28FN5S/c1-16-14-20(17(2)30(16)19-9-7-8-18(25)15-19)23-22(21-10-5-6-11-26-21)27-24(31)29(23)13-12-28(3)4/h5-11,14-15,22-23H,12-13H2,1-4H3,(H,27,31)/t22-,23+/m1/s1. The summed E-state index contributed by atoms with van der Waals surface area (Å²) in [7, 11) is 4.13. The van der Waals surface area contributed by atoms with Gasteiger partial charge in [0, 0.05) is 36.4 Å². The number of hydrogen-bond donors (Lipinski definition) is 1. The van der Waals surface area contributed by atoms with Crippen molar-refractivity contribution in [2.24, 2.45) is 0 Å². The largest absolute Gasteiger partial charge is 0.352 e. The van der Waals surface area contributed by atoms with E-state index in [0.29, 0.717) is 0 Å². The quantitative estimate of drug-likeness (QED) is 0.586. The molecule has 0 saturated carbocycles. The second-order valence-corrected chi connectivity index (χ2v) is 8.65. The molecule has 1 aliphatic rings. The van der Waals surface area contributed by atoms with E-state index in [1.165, 1.54) is 11.6 Å². The molecule has 2 atom stereocenters. The van der Waals surface area contributed by atoms with Gasteiger partial charge in [0.05, 0.1) is 17.8 Å². The maximum absolute atomic E-state index is 13.9. The zero-order chi connectivity index (χ0) is 22.1. The molecule has 1 saturated heterocycles. The van der Waals surface area contributed by atoms with Gasteiger partial charge in [0.1, 0.15) is 5.82 Å². The first kappa shape index (κ1) is 21.5. The SMILES string of the molecule is Cc1cc([C@H]2[C@@H](c3ccccn3)NC(=S)N2CCN(C)C)c(C)n1-c1cccc(F)c1. The second-order valence-electron chi connectivity index (χ2n) is 8.27. The van der Waals surface area contributed by atoms with Crippen LogP contribution in [0.15, 0.2) is 54.7 Å². The number of thiocarbonyl (C=S) groups is 1. The normalized spacial score (nSPS) is 18.6. The van der Waals surface area contributed by atoms with Crippen molar-refractivity contribution >= 4 is 17.3 Å². The summed E-state index contributed by atoms with van der Waals surface area (Å²) in [6.45, 7) is 5.84. The number of nitrogens with zero attached hydrogens (tertiary/aromatic N) is 4. The fourth-order valence-electron chi connectivity index (χ4n) is 4.39. The zero-order valence-corrected chi connectivity index (χ0v) is 19.2. The van der Waals surface area contributed by atoms with Gasteiger partial charge in [-0.05, 0) is 82.1 Å². The predicted octanol–water partition coefficient (Wildman–Crippen LogP) is 4.16. The highest BCUT2D eigenvalue weighted by atomic mass is 32.1. The summed E-state index contributed by atoms with van der Waals surface area (Å²) >= 11 is 5.75. The molecular weight excluding hydrogens is 409 g/mol. The lowest BCUT2D eigenvalue weighted by molar-refractivity contribution is 0.277. The average molecular weight is 438 g/mol. The Morgan fingerprint density at radius 3 is 2.61 bits per heavy atom. The molecule has 3 aromatic rings. The zero-order valence-electron chi connectivity index (χ0n) is 18.3. The van der Waals surface area contributed by atoms with Crippen molar-refractivity contribution in [1.29, 1.82) is 0 Å². The van der Waals surface area contributed by atoms with Crippen LogP contribution in [0.5, 0.6) is 0 Å². The number of benzene rings is 1. The van der Waals surface area contributed by atoms with E-state index in [-0.39, 0.29) is 17.9 Å². The summed E-state index contributed by atoms with van der Waals surface area (Å²) in [6.07, 6.45) is 1.82. The van der Waals surface area contributed by atoms with Gasteiger partial charge in [-0.1, -0.05) is 12.1 Å². The van der Waals surface area contributed by atoms with E-state index in [1.807, 2.05) is 30.5 Å². The van der Waals surface area contributed by atoms with Crippen LogP contribution in [-0.2, 0) is 0 Å². The Labute approximate surface area is 188 Å². The molecule has 2 aromatic heterocycles. The van der Waals surface area contributed by atoms with Crippen molar-refractivity contribution < 1.29 is 4.39 Å². The maximum atomic E-state index is 13.9. The molecule has 0 amide bonds. The summed E-state index contributed by atoms with van der Waals surface area (Å²) in [5.41, 5.74) is 5.09. The molecule has 31 heavy (non-hydrogen) atoms. The molecular formula is C24H28FN5S. The summed E-state index contributed by atoms with van der Waals surface area (Å²) in [5.74, 6) is -0.241. The molecule has 4 rings (SSSR count). The monoisotopic (exact) mass is 437 g/mol. The Kier molecular flexibility index (Phi) is 6.07. The van der Waals surface area contributed by atoms with Gasteiger partial charge in [-0.3, -0.25) is 4.98 Å². The van der Waals surface area contributed by atoms with Gasteiger partial charge in [-0.15, -0.1) is 0 Å². The number of aromatic nitrogens is 2. The van der Waals surface area contributed by atoms with Crippen molar-refractivity contribution in [2.45, 2.75) is 25.9 Å². The van der Waals surface area contributed by atoms with E-state index in [9.17, 15) is 4.39 Å². The van der Waals surface area contributed by atoms with Crippen LogP contribution in [0.2, 0.25) is 0 Å². The molecule has 1 aliphatic heterocycles. The average Bonchev–Trinajstić information content (AvgIpc) is 3.22. The van der Waals surface area contributed by atoms with Crippen LogP contribution in [0.25, 0.3) is 5.69 Å². The Balaban J connectivity index is 1.81. The molecule has 7 heteroatoms. The smallest absolute Gasteiger partial charge is 0.170 e. The summed E-state index contributed by atoms with van der Waals surface area (Å²) in [4.78, 5) is 9.03. The van der Waals surface area contributed by atoms with Gasteiger partial charge >= 0.3 is 0 Å². The fraction of sp³-hybridized carbons (Fsp3) is 0.333. The van der Waals surface area contributed by atoms with E-state index in [2.05, 4.69) is 58.7 Å². The first-order valence-electron chi connectivity index (χ1n) is 10.4. The number of aryl methyl sites for hydroxylation is 1. The minimum Gasteiger partial charge on any atom is -0.352 e. The summed E-state index contributed by atoms with van der Waals surface area (Å²) < 4.78 is 16.0. The minimum absolute atomic E-state index is 0.00383. The van der Waals surface area contributed by atoms with Gasteiger partial charge < -0.3 is 19.7 Å². The van der Waals surface area contributed by atoms with E-state index < -0.39 is 0 Å². The third-order valence-electron chi connectivity index (χ3n) is 5.84. The number of rotatable bonds is 6. The van der Waals surface area contributed by atoms with Crippen LogP contribution in [0.3, 0.4) is 0 Å². The highest BCUT2D eigenvalue weighted by molar-refractivity contribution is 7.80. The van der Waals surface area contributed by atoms with Gasteiger partial charge in [0.15, 0.2) is 5.11 Å². The van der Waals surface area contributed by atoms with Crippen molar-refractivity contribution in [1.82, 2.24) is 24.7 Å². The molecule has 0 bridgehead atoms. The number of likely N-dealkylation sites (N-methyl/N-ethyl adjacent to an activating group) is 1. The van der Waals surface area contributed by atoms with Gasteiger partial charge in [0.2, 0.25) is 0 Å². The van der Waals surface area contributed by atoms with Crippen molar-refractivity contribution in [3.05, 3.63) is 83.2 Å². The van der Waals surface area contributed by atoms with Crippen molar-refractivity contribution in [3.63, 3.8) is 0 Å². The van der Waals surface area contributed by atoms with E-state index in [4.69, 9.17) is 12.2 Å².